The summed E-state index contributed by atoms with van der Waals surface area (Å²) in [6.45, 7) is 20.4. The summed E-state index contributed by atoms with van der Waals surface area (Å²) >= 11 is 0. The van der Waals surface area contributed by atoms with E-state index >= 15 is 0 Å². The standard InChI is InChI=1S/C15H34O5Si3/c1-21(2,3)18-12-11-10-16-15(17-11)14(20-23(7,8)9)13(12)19-22(4,5)6/h11-15H,10H2,1-9H3/t11-,12-,13+,14-,15-/m0/s1. The minimum Gasteiger partial charge on any atom is -0.409 e. The number of rotatable bonds is 6. The zero-order valence-corrected chi connectivity index (χ0v) is 19.1. The molecule has 0 amide bonds. The van der Waals surface area contributed by atoms with E-state index in [1.165, 1.54) is 0 Å². The van der Waals surface area contributed by atoms with E-state index in [1.54, 1.807) is 0 Å². The van der Waals surface area contributed by atoms with Crippen LogP contribution < -0.4 is 0 Å². The molecule has 0 aromatic carbocycles. The van der Waals surface area contributed by atoms with Crippen LogP contribution in [0.3, 0.4) is 0 Å². The topological polar surface area (TPSA) is 46.2 Å². The highest BCUT2D eigenvalue weighted by molar-refractivity contribution is 6.70. The van der Waals surface area contributed by atoms with Crippen LogP contribution in [0, 0.1) is 0 Å². The second-order valence-corrected chi connectivity index (χ2v) is 22.8. The van der Waals surface area contributed by atoms with Gasteiger partial charge in [0.2, 0.25) is 0 Å². The minimum atomic E-state index is -1.76. The van der Waals surface area contributed by atoms with Crippen molar-refractivity contribution >= 4 is 25.0 Å². The fraction of sp³-hybridized carbons (Fsp3) is 1.00. The molecule has 0 N–H and O–H groups in total. The SMILES string of the molecule is C[Si](C)(C)O[C@H]1[C@H](O[Si](C)(C)C)[C@H]2OC[C@H](O2)[C@@H]1O[Si](C)(C)C. The summed E-state index contributed by atoms with van der Waals surface area (Å²) in [5.41, 5.74) is 0. The number of ether oxygens (including phenoxy) is 2. The molecule has 23 heavy (non-hydrogen) atoms. The predicted molar refractivity (Wildman–Crippen MR) is 99.3 cm³/mol. The van der Waals surface area contributed by atoms with Crippen molar-refractivity contribution in [3.05, 3.63) is 0 Å². The zero-order valence-electron chi connectivity index (χ0n) is 16.1. The summed E-state index contributed by atoms with van der Waals surface area (Å²) in [4.78, 5) is 0. The Hall–Kier alpha value is 0.451. The summed E-state index contributed by atoms with van der Waals surface area (Å²) in [5, 5.41) is 0. The molecule has 2 saturated heterocycles. The van der Waals surface area contributed by atoms with Crippen LogP contribution in [0.4, 0.5) is 0 Å². The lowest BCUT2D eigenvalue weighted by atomic mass is 10.0. The molecular formula is C15H34O5Si3. The van der Waals surface area contributed by atoms with Gasteiger partial charge in [0, 0.05) is 0 Å². The molecule has 2 rings (SSSR count). The Kier molecular flexibility index (Phi) is 5.71. The molecule has 2 aliphatic heterocycles. The third-order valence-electron chi connectivity index (χ3n) is 3.48. The average molecular weight is 379 g/mol. The van der Waals surface area contributed by atoms with Crippen LogP contribution in [0.1, 0.15) is 0 Å². The predicted octanol–water partition coefficient (Wildman–Crippen LogP) is 3.40. The first kappa shape index (κ1) is 19.8. The van der Waals surface area contributed by atoms with E-state index in [0.717, 1.165) is 0 Å². The van der Waals surface area contributed by atoms with Gasteiger partial charge in [-0.3, -0.25) is 0 Å². The molecule has 2 heterocycles. The molecule has 2 aliphatic rings. The van der Waals surface area contributed by atoms with E-state index in [1.807, 2.05) is 0 Å². The van der Waals surface area contributed by atoms with E-state index in [2.05, 4.69) is 58.9 Å². The molecule has 0 aromatic rings. The van der Waals surface area contributed by atoms with Crippen LogP contribution >= 0.6 is 0 Å². The lowest BCUT2D eigenvalue weighted by molar-refractivity contribution is -0.214. The van der Waals surface area contributed by atoms with Crippen LogP contribution in [-0.2, 0) is 22.8 Å². The van der Waals surface area contributed by atoms with E-state index < -0.39 is 25.0 Å². The van der Waals surface area contributed by atoms with Crippen molar-refractivity contribution in [1.82, 2.24) is 0 Å². The summed E-state index contributed by atoms with van der Waals surface area (Å²) in [6.07, 6.45) is -0.780. The largest absolute Gasteiger partial charge is 0.409 e. The first-order chi connectivity index (χ1) is 10.3. The number of hydrogen-bond acceptors (Lipinski definition) is 5. The molecule has 0 saturated carbocycles. The van der Waals surface area contributed by atoms with E-state index in [9.17, 15) is 0 Å². The van der Waals surface area contributed by atoms with Gasteiger partial charge in [0.15, 0.2) is 31.2 Å². The highest BCUT2D eigenvalue weighted by atomic mass is 28.4. The van der Waals surface area contributed by atoms with Crippen molar-refractivity contribution in [3.8, 4) is 0 Å². The molecule has 136 valence electrons. The third-order valence-corrected chi connectivity index (χ3v) is 6.42. The second kappa shape index (κ2) is 6.64. The molecule has 2 fully saturated rings. The van der Waals surface area contributed by atoms with Gasteiger partial charge >= 0.3 is 0 Å². The number of fused-ring (bicyclic) bond motifs is 2. The van der Waals surface area contributed by atoms with Crippen LogP contribution in [0.2, 0.25) is 58.9 Å². The summed E-state index contributed by atoms with van der Waals surface area (Å²) in [6, 6.07) is 0. The second-order valence-electron chi connectivity index (χ2n) is 9.46. The summed E-state index contributed by atoms with van der Waals surface area (Å²) in [7, 11) is -5.24. The van der Waals surface area contributed by atoms with Gasteiger partial charge in [0.25, 0.3) is 0 Å². The monoisotopic (exact) mass is 378 g/mol. The Morgan fingerprint density at radius 1 is 0.652 bits per heavy atom. The van der Waals surface area contributed by atoms with Crippen LogP contribution in [0.25, 0.3) is 0 Å². The van der Waals surface area contributed by atoms with Gasteiger partial charge in [-0.15, -0.1) is 0 Å². The van der Waals surface area contributed by atoms with Crippen LogP contribution in [0.5, 0.6) is 0 Å². The molecule has 0 unspecified atom stereocenters. The first-order valence-corrected chi connectivity index (χ1v) is 18.8. The van der Waals surface area contributed by atoms with Crippen molar-refractivity contribution in [3.63, 3.8) is 0 Å². The Morgan fingerprint density at radius 3 is 1.57 bits per heavy atom. The molecule has 5 atom stereocenters. The Morgan fingerprint density at radius 2 is 1.09 bits per heavy atom. The molecule has 8 heteroatoms. The molecule has 5 nitrogen and oxygen atoms in total. The van der Waals surface area contributed by atoms with Crippen LogP contribution in [0.15, 0.2) is 0 Å². The van der Waals surface area contributed by atoms with Crippen molar-refractivity contribution in [2.45, 2.75) is 89.6 Å². The smallest absolute Gasteiger partial charge is 0.185 e. The van der Waals surface area contributed by atoms with Gasteiger partial charge in [0.05, 0.1) is 6.61 Å². The maximum atomic E-state index is 6.55. The van der Waals surface area contributed by atoms with E-state index in [4.69, 9.17) is 22.8 Å². The van der Waals surface area contributed by atoms with Gasteiger partial charge in [0.1, 0.15) is 24.4 Å². The third kappa shape index (κ3) is 5.74. The lowest BCUT2D eigenvalue weighted by Gasteiger charge is -2.46. The summed E-state index contributed by atoms with van der Waals surface area (Å²) < 4.78 is 31.4. The van der Waals surface area contributed by atoms with E-state index in [0.29, 0.717) is 6.61 Å². The van der Waals surface area contributed by atoms with Gasteiger partial charge in [-0.05, 0) is 58.9 Å². The Balaban J connectivity index is 2.30. The van der Waals surface area contributed by atoms with Gasteiger partial charge in [-0.25, -0.2) is 0 Å². The number of hydrogen-bond donors (Lipinski definition) is 0. The van der Waals surface area contributed by atoms with Crippen molar-refractivity contribution in [2.24, 2.45) is 0 Å². The molecule has 0 aromatic heterocycles. The molecular weight excluding hydrogens is 344 g/mol. The van der Waals surface area contributed by atoms with Crippen molar-refractivity contribution in [2.75, 3.05) is 6.61 Å². The maximum Gasteiger partial charge on any atom is 0.185 e. The Labute approximate surface area is 144 Å². The van der Waals surface area contributed by atoms with Crippen molar-refractivity contribution < 1.29 is 22.8 Å². The highest BCUT2D eigenvalue weighted by Gasteiger charge is 2.55. The molecule has 0 spiro atoms. The van der Waals surface area contributed by atoms with Gasteiger partial charge < -0.3 is 22.8 Å². The van der Waals surface area contributed by atoms with Gasteiger partial charge in [-0.2, -0.15) is 0 Å². The average Bonchev–Trinajstić information content (AvgIpc) is 2.71. The molecule has 2 bridgehead atoms. The normalized spacial score (nSPS) is 35.6. The first-order valence-electron chi connectivity index (χ1n) is 8.56. The molecule has 0 radical (unpaired) electrons. The molecule has 0 aliphatic carbocycles. The zero-order chi connectivity index (χ0) is 17.6. The van der Waals surface area contributed by atoms with Crippen molar-refractivity contribution in [1.29, 1.82) is 0 Å². The Bertz CT molecular complexity index is 383. The lowest BCUT2D eigenvalue weighted by Crippen LogP contribution is -2.62. The maximum absolute atomic E-state index is 6.55. The van der Waals surface area contributed by atoms with E-state index in [-0.39, 0.29) is 30.7 Å². The quantitative estimate of drug-likeness (QED) is 0.663. The highest BCUT2D eigenvalue weighted by Crippen LogP contribution is 2.37. The minimum absolute atomic E-state index is 0.0467. The van der Waals surface area contributed by atoms with Gasteiger partial charge in [-0.1, -0.05) is 0 Å². The summed E-state index contributed by atoms with van der Waals surface area (Å²) in [5.74, 6) is 0. The van der Waals surface area contributed by atoms with Crippen LogP contribution in [-0.4, -0.2) is 62.3 Å². The fourth-order valence-corrected chi connectivity index (χ4v) is 6.21. The fourth-order valence-electron chi connectivity index (χ4n) is 2.96.